The molecule has 0 aliphatic carbocycles. The summed E-state index contributed by atoms with van der Waals surface area (Å²) in [5.74, 6) is -0.780. The van der Waals surface area contributed by atoms with Crippen molar-refractivity contribution in [1.82, 2.24) is 4.90 Å². The van der Waals surface area contributed by atoms with Crippen LogP contribution in [0.15, 0.2) is 24.3 Å². The van der Waals surface area contributed by atoms with E-state index >= 15 is 0 Å². The molecular weight excluding hydrogens is 284 g/mol. The first-order valence-electron chi connectivity index (χ1n) is 7.07. The van der Waals surface area contributed by atoms with Crippen molar-refractivity contribution in [2.24, 2.45) is 5.92 Å². The van der Waals surface area contributed by atoms with Gasteiger partial charge in [0.2, 0.25) is 11.8 Å². The molecule has 6 nitrogen and oxygen atoms in total. The minimum absolute atomic E-state index is 0.0526. The summed E-state index contributed by atoms with van der Waals surface area (Å²) < 4.78 is 4.68. The SMILES string of the molecule is COC(=O)c1ccccc1NC(=O)CN(CC(C)C)C(C)=O. The summed E-state index contributed by atoms with van der Waals surface area (Å²) in [5.41, 5.74) is 0.643. The molecule has 0 saturated carbocycles. The van der Waals surface area contributed by atoms with Crippen molar-refractivity contribution in [3.8, 4) is 0 Å². The smallest absolute Gasteiger partial charge is 0.339 e. The predicted molar refractivity (Wildman–Crippen MR) is 83.5 cm³/mol. The summed E-state index contributed by atoms with van der Waals surface area (Å²) in [6.07, 6.45) is 0. The molecule has 0 aromatic heterocycles. The normalized spacial score (nSPS) is 10.2. The number of amides is 2. The van der Waals surface area contributed by atoms with Gasteiger partial charge in [0.1, 0.15) is 0 Å². The number of methoxy groups -OCH3 is 1. The maximum Gasteiger partial charge on any atom is 0.339 e. The summed E-state index contributed by atoms with van der Waals surface area (Å²) in [4.78, 5) is 36.8. The molecule has 0 saturated heterocycles. The molecule has 1 N–H and O–H groups in total. The third kappa shape index (κ3) is 5.20. The third-order valence-corrected chi connectivity index (χ3v) is 2.97. The van der Waals surface area contributed by atoms with Gasteiger partial charge in [0, 0.05) is 13.5 Å². The average molecular weight is 306 g/mol. The minimum atomic E-state index is -0.526. The molecule has 0 aliphatic heterocycles. The zero-order valence-electron chi connectivity index (χ0n) is 13.4. The molecule has 0 radical (unpaired) electrons. The Kier molecular flexibility index (Phi) is 6.56. The lowest BCUT2D eigenvalue weighted by Crippen LogP contribution is -2.39. The van der Waals surface area contributed by atoms with Gasteiger partial charge in [-0.2, -0.15) is 0 Å². The maximum absolute atomic E-state index is 12.1. The Bertz CT molecular complexity index is 555. The number of carbonyl (C=O) groups excluding carboxylic acids is 3. The average Bonchev–Trinajstić information content (AvgIpc) is 2.45. The second kappa shape index (κ2) is 8.17. The molecule has 0 atom stereocenters. The Balaban J connectivity index is 2.80. The van der Waals surface area contributed by atoms with E-state index in [2.05, 4.69) is 10.1 Å². The van der Waals surface area contributed by atoms with Gasteiger partial charge in [-0.25, -0.2) is 4.79 Å². The maximum atomic E-state index is 12.1. The highest BCUT2D eigenvalue weighted by Gasteiger charge is 2.17. The van der Waals surface area contributed by atoms with E-state index in [1.807, 2.05) is 13.8 Å². The number of ether oxygens (including phenoxy) is 1. The second-order valence-electron chi connectivity index (χ2n) is 5.38. The highest BCUT2D eigenvalue weighted by molar-refractivity contribution is 6.02. The van der Waals surface area contributed by atoms with Gasteiger partial charge in [0.15, 0.2) is 0 Å². The summed E-state index contributed by atoms with van der Waals surface area (Å²) >= 11 is 0. The van der Waals surface area contributed by atoms with Crippen LogP contribution in [0, 0.1) is 5.92 Å². The number of nitrogens with one attached hydrogen (secondary N) is 1. The largest absolute Gasteiger partial charge is 0.465 e. The van der Waals surface area contributed by atoms with Crippen LogP contribution in [0.3, 0.4) is 0 Å². The van der Waals surface area contributed by atoms with E-state index in [1.165, 1.54) is 18.9 Å². The van der Waals surface area contributed by atoms with Crippen LogP contribution in [0.5, 0.6) is 0 Å². The van der Waals surface area contributed by atoms with Crippen molar-refractivity contribution in [3.05, 3.63) is 29.8 Å². The fraction of sp³-hybridized carbons (Fsp3) is 0.438. The van der Waals surface area contributed by atoms with Crippen molar-refractivity contribution >= 4 is 23.5 Å². The van der Waals surface area contributed by atoms with Gasteiger partial charge in [-0.3, -0.25) is 9.59 Å². The third-order valence-electron chi connectivity index (χ3n) is 2.97. The van der Waals surface area contributed by atoms with E-state index in [4.69, 9.17) is 0 Å². The second-order valence-corrected chi connectivity index (χ2v) is 5.38. The molecule has 0 fully saturated rings. The highest BCUT2D eigenvalue weighted by Crippen LogP contribution is 2.16. The van der Waals surface area contributed by atoms with Crippen molar-refractivity contribution < 1.29 is 19.1 Å². The van der Waals surface area contributed by atoms with Gasteiger partial charge in [-0.1, -0.05) is 26.0 Å². The minimum Gasteiger partial charge on any atom is -0.465 e. The van der Waals surface area contributed by atoms with Crippen LogP contribution in [-0.4, -0.2) is 42.9 Å². The summed E-state index contributed by atoms with van der Waals surface area (Å²) in [6.45, 7) is 5.82. The quantitative estimate of drug-likeness (QED) is 0.815. The number of hydrogen-bond donors (Lipinski definition) is 1. The topological polar surface area (TPSA) is 75.7 Å². The first kappa shape index (κ1) is 17.7. The Labute approximate surface area is 130 Å². The van der Waals surface area contributed by atoms with Crippen molar-refractivity contribution in [2.45, 2.75) is 20.8 Å². The molecular formula is C16H22N2O4. The van der Waals surface area contributed by atoms with Gasteiger partial charge < -0.3 is 15.0 Å². The van der Waals surface area contributed by atoms with Crippen LogP contribution in [-0.2, 0) is 14.3 Å². The Hall–Kier alpha value is -2.37. The zero-order valence-corrected chi connectivity index (χ0v) is 13.4. The molecule has 0 unspecified atom stereocenters. The Morgan fingerprint density at radius 2 is 1.86 bits per heavy atom. The van der Waals surface area contributed by atoms with E-state index in [0.29, 0.717) is 12.2 Å². The zero-order chi connectivity index (χ0) is 16.7. The fourth-order valence-electron chi connectivity index (χ4n) is 1.99. The first-order valence-corrected chi connectivity index (χ1v) is 7.07. The molecule has 1 aromatic rings. The predicted octanol–water partition coefficient (Wildman–Crippen LogP) is 1.92. The van der Waals surface area contributed by atoms with Crippen molar-refractivity contribution in [3.63, 3.8) is 0 Å². The lowest BCUT2D eigenvalue weighted by Gasteiger charge is -2.22. The monoisotopic (exact) mass is 306 g/mol. The standard InChI is InChI=1S/C16H22N2O4/c1-11(2)9-18(12(3)19)10-15(20)17-14-8-6-5-7-13(14)16(21)22-4/h5-8,11H,9-10H2,1-4H3,(H,17,20). The molecule has 0 aliphatic rings. The number of carbonyl (C=O) groups is 3. The van der Waals surface area contributed by atoms with Gasteiger partial charge in [0.05, 0.1) is 24.9 Å². The molecule has 0 heterocycles. The van der Waals surface area contributed by atoms with E-state index in [1.54, 1.807) is 24.3 Å². The highest BCUT2D eigenvalue weighted by atomic mass is 16.5. The Morgan fingerprint density at radius 1 is 1.23 bits per heavy atom. The van der Waals surface area contributed by atoms with Crippen LogP contribution < -0.4 is 5.32 Å². The summed E-state index contributed by atoms with van der Waals surface area (Å²) in [5, 5.41) is 2.65. The number of para-hydroxylation sites is 1. The van der Waals surface area contributed by atoms with E-state index < -0.39 is 5.97 Å². The molecule has 1 rings (SSSR count). The summed E-state index contributed by atoms with van der Waals surface area (Å²) in [7, 11) is 1.28. The van der Waals surface area contributed by atoms with E-state index in [0.717, 1.165) is 0 Å². The van der Waals surface area contributed by atoms with Gasteiger partial charge in [0.25, 0.3) is 0 Å². The van der Waals surface area contributed by atoms with Crippen LogP contribution in [0.2, 0.25) is 0 Å². The number of anilines is 1. The van der Waals surface area contributed by atoms with Gasteiger partial charge >= 0.3 is 5.97 Å². The van der Waals surface area contributed by atoms with Gasteiger partial charge in [-0.05, 0) is 18.1 Å². The molecule has 6 heteroatoms. The molecule has 2 amide bonds. The van der Waals surface area contributed by atoms with Crippen molar-refractivity contribution in [1.29, 1.82) is 0 Å². The number of nitrogens with zero attached hydrogens (tertiary/aromatic N) is 1. The lowest BCUT2D eigenvalue weighted by molar-refractivity contribution is -0.133. The van der Waals surface area contributed by atoms with Crippen LogP contribution in [0.4, 0.5) is 5.69 Å². The number of hydrogen-bond acceptors (Lipinski definition) is 4. The fourth-order valence-corrected chi connectivity index (χ4v) is 1.99. The van der Waals surface area contributed by atoms with E-state index in [-0.39, 0.29) is 29.8 Å². The molecule has 120 valence electrons. The molecule has 22 heavy (non-hydrogen) atoms. The first-order chi connectivity index (χ1) is 10.3. The Morgan fingerprint density at radius 3 is 2.41 bits per heavy atom. The van der Waals surface area contributed by atoms with Crippen LogP contribution in [0.1, 0.15) is 31.1 Å². The summed E-state index contributed by atoms with van der Waals surface area (Å²) in [6, 6.07) is 6.57. The number of esters is 1. The van der Waals surface area contributed by atoms with Crippen molar-refractivity contribution in [2.75, 3.05) is 25.5 Å². The van der Waals surface area contributed by atoms with Gasteiger partial charge in [-0.15, -0.1) is 0 Å². The van der Waals surface area contributed by atoms with Crippen LogP contribution >= 0.6 is 0 Å². The van der Waals surface area contributed by atoms with E-state index in [9.17, 15) is 14.4 Å². The van der Waals surface area contributed by atoms with Crippen LogP contribution in [0.25, 0.3) is 0 Å². The molecule has 0 bridgehead atoms. The number of benzene rings is 1. The lowest BCUT2D eigenvalue weighted by atomic mass is 10.1. The number of rotatable bonds is 6. The molecule has 1 aromatic carbocycles. The molecule has 0 spiro atoms.